The van der Waals surface area contributed by atoms with E-state index in [0.717, 1.165) is 26.2 Å². The Hall–Kier alpha value is -0.690. The molecule has 0 spiro atoms. The van der Waals surface area contributed by atoms with E-state index in [0.29, 0.717) is 19.7 Å². The SMILES string of the molecule is COCCN(CCO)C(=O)C(C)N1CCNCC1. The fourth-order valence-corrected chi connectivity index (χ4v) is 2.14. The van der Waals surface area contributed by atoms with Gasteiger partial charge in [-0.1, -0.05) is 0 Å². The molecule has 0 aromatic heterocycles. The molecule has 6 heteroatoms. The lowest BCUT2D eigenvalue weighted by Gasteiger charge is -2.35. The van der Waals surface area contributed by atoms with E-state index in [-0.39, 0.29) is 18.6 Å². The molecule has 1 fully saturated rings. The van der Waals surface area contributed by atoms with Crippen molar-refractivity contribution in [2.45, 2.75) is 13.0 Å². The first-order chi connectivity index (χ1) is 8.70. The molecule has 1 atom stereocenters. The maximum atomic E-state index is 12.3. The number of ether oxygens (including phenoxy) is 1. The molecular weight excluding hydrogens is 234 g/mol. The normalized spacial score (nSPS) is 18.6. The number of carbonyl (C=O) groups is 1. The van der Waals surface area contributed by atoms with E-state index in [1.807, 2.05) is 6.92 Å². The highest BCUT2D eigenvalue weighted by molar-refractivity contribution is 5.81. The lowest BCUT2D eigenvalue weighted by atomic mass is 10.2. The Morgan fingerprint density at radius 1 is 1.44 bits per heavy atom. The number of aliphatic hydroxyl groups excluding tert-OH is 1. The first-order valence-corrected chi connectivity index (χ1v) is 6.54. The Morgan fingerprint density at radius 2 is 2.11 bits per heavy atom. The number of piperazine rings is 1. The van der Waals surface area contributed by atoms with Gasteiger partial charge >= 0.3 is 0 Å². The van der Waals surface area contributed by atoms with Crippen LogP contribution in [0.1, 0.15) is 6.92 Å². The highest BCUT2D eigenvalue weighted by atomic mass is 16.5. The van der Waals surface area contributed by atoms with Crippen molar-refractivity contribution in [3.05, 3.63) is 0 Å². The molecule has 1 amide bonds. The van der Waals surface area contributed by atoms with Crippen LogP contribution in [0.4, 0.5) is 0 Å². The molecule has 0 radical (unpaired) electrons. The third-order valence-corrected chi connectivity index (χ3v) is 3.30. The predicted molar refractivity (Wildman–Crippen MR) is 69.4 cm³/mol. The first-order valence-electron chi connectivity index (χ1n) is 6.54. The van der Waals surface area contributed by atoms with E-state index in [2.05, 4.69) is 10.2 Å². The lowest BCUT2D eigenvalue weighted by Crippen LogP contribution is -2.54. The molecule has 0 aromatic rings. The molecule has 1 unspecified atom stereocenters. The Labute approximate surface area is 109 Å². The van der Waals surface area contributed by atoms with Crippen LogP contribution in [0.5, 0.6) is 0 Å². The summed E-state index contributed by atoms with van der Waals surface area (Å²) in [5, 5.41) is 12.3. The van der Waals surface area contributed by atoms with Gasteiger partial charge in [0.2, 0.25) is 5.91 Å². The van der Waals surface area contributed by atoms with Crippen molar-refractivity contribution in [1.29, 1.82) is 0 Å². The van der Waals surface area contributed by atoms with Gasteiger partial charge in [0, 0.05) is 46.4 Å². The monoisotopic (exact) mass is 259 g/mol. The molecule has 18 heavy (non-hydrogen) atoms. The summed E-state index contributed by atoms with van der Waals surface area (Å²) in [7, 11) is 1.61. The van der Waals surface area contributed by atoms with Gasteiger partial charge in [-0.15, -0.1) is 0 Å². The zero-order chi connectivity index (χ0) is 13.4. The summed E-state index contributed by atoms with van der Waals surface area (Å²) in [6, 6.07) is -0.129. The summed E-state index contributed by atoms with van der Waals surface area (Å²) in [6.45, 7) is 6.97. The molecule has 0 bridgehead atoms. The number of nitrogens with zero attached hydrogens (tertiary/aromatic N) is 2. The number of aliphatic hydroxyl groups is 1. The second kappa shape index (κ2) is 8.42. The summed E-state index contributed by atoms with van der Waals surface area (Å²) in [4.78, 5) is 16.2. The molecule has 1 aliphatic rings. The molecule has 1 rings (SSSR count). The summed E-state index contributed by atoms with van der Waals surface area (Å²) in [6.07, 6.45) is 0. The van der Waals surface area contributed by atoms with E-state index in [9.17, 15) is 4.79 Å². The van der Waals surface area contributed by atoms with Crippen molar-refractivity contribution in [3.63, 3.8) is 0 Å². The van der Waals surface area contributed by atoms with Gasteiger partial charge in [-0.3, -0.25) is 9.69 Å². The summed E-state index contributed by atoms with van der Waals surface area (Å²) >= 11 is 0. The van der Waals surface area contributed by atoms with Crippen LogP contribution in [0.25, 0.3) is 0 Å². The van der Waals surface area contributed by atoms with Gasteiger partial charge in [-0.2, -0.15) is 0 Å². The second-order valence-electron chi connectivity index (χ2n) is 4.50. The Morgan fingerprint density at radius 3 is 2.67 bits per heavy atom. The minimum atomic E-state index is -0.129. The lowest BCUT2D eigenvalue weighted by molar-refractivity contribution is -0.137. The summed E-state index contributed by atoms with van der Waals surface area (Å²) in [5.41, 5.74) is 0. The van der Waals surface area contributed by atoms with E-state index < -0.39 is 0 Å². The average molecular weight is 259 g/mol. The summed E-state index contributed by atoms with van der Waals surface area (Å²) in [5.74, 6) is 0.0722. The van der Waals surface area contributed by atoms with Gasteiger partial charge in [-0.25, -0.2) is 0 Å². The number of amides is 1. The number of hydrogen-bond acceptors (Lipinski definition) is 5. The molecular formula is C12H25N3O3. The van der Waals surface area contributed by atoms with Crippen LogP contribution in [-0.4, -0.2) is 86.4 Å². The minimum absolute atomic E-state index is 0.0102. The van der Waals surface area contributed by atoms with E-state index in [4.69, 9.17) is 9.84 Å². The third kappa shape index (κ3) is 4.53. The number of methoxy groups -OCH3 is 1. The molecule has 0 aliphatic carbocycles. The highest BCUT2D eigenvalue weighted by Crippen LogP contribution is 2.05. The average Bonchev–Trinajstić information content (AvgIpc) is 2.43. The topological polar surface area (TPSA) is 65.0 Å². The van der Waals surface area contributed by atoms with E-state index in [1.165, 1.54) is 0 Å². The molecule has 0 saturated carbocycles. The van der Waals surface area contributed by atoms with E-state index in [1.54, 1.807) is 12.0 Å². The smallest absolute Gasteiger partial charge is 0.239 e. The van der Waals surface area contributed by atoms with Crippen LogP contribution in [0.3, 0.4) is 0 Å². The standard InChI is InChI=1S/C12H25N3O3/c1-11(14-5-3-13-4-6-14)12(17)15(7-9-16)8-10-18-2/h11,13,16H,3-10H2,1-2H3. The number of nitrogens with one attached hydrogen (secondary N) is 1. The van der Waals surface area contributed by atoms with E-state index >= 15 is 0 Å². The van der Waals surface area contributed by atoms with Crippen molar-refractivity contribution >= 4 is 5.91 Å². The highest BCUT2D eigenvalue weighted by Gasteiger charge is 2.26. The van der Waals surface area contributed by atoms with Crippen LogP contribution in [0.2, 0.25) is 0 Å². The van der Waals surface area contributed by atoms with Crippen LogP contribution >= 0.6 is 0 Å². The molecule has 1 saturated heterocycles. The fourth-order valence-electron chi connectivity index (χ4n) is 2.14. The second-order valence-corrected chi connectivity index (χ2v) is 4.50. The van der Waals surface area contributed by atoms with Crippen molar-refractivity contribution in [3.8, 4) is 0 Å². The van der Waals surface area contributed by atoms with Gasteiger partial charge in [-0.05, 0) is 6.92 Å². The third-order valence-electron chi connectivity index (χ3n) is 3.30. The molecule has 106 valence electrons. The molecule has 0 aromatic carbocycles. The Balaban J connectivity index is 2.51. The van der Waals surface area contributed by atoms with Crippen molar-refractivity contribution in [2.24, 2.45) is 0 Å². The van der Waals surface area contributed by atoms with Crippen molar-refractivity contribution in [2.75, 3.05) is 59.6 Å². The fraction of sp³-hybridized carbons (Fsp3) is 0.917. The van der Waals surface area contributed by atoms with Gasteiger partial charge in [0.15, 0.2) is 0 Å². The predicted octanol–water partition coefficient (Wildman–Crippen LogP) is -1.25. The molecule has 1 aliphatic heterocycles. The molecule has 2 N–H and O–H groups in total. The van der Waals surface area contributed by atoms with Gasteiger partial charge in [0.1, 0.15) is 0 Å². The van der Waals surface area contributed by atoms with Crippen LogP contribution < -0.4 is 5.32 Å². The first kappa shape index (κ1) is 15.4. The maximum Gasteiger partial charge on any atom is 0.239 e. The Bertz CT molecular complexity index is 241. The van der Waals surface area contributed by atoms with Crippen molar-refractivity contribution in [1.82, 2.24) is 15.1 Å². The van der Waals surface area contributed by atoms with Gasteiger partial charge < -0.3 is 20.1 Å². The number of hydrogen-bond donors (Lipinski definition) is 2. The summed E-state index contributed by atoms with van der Waals surface area (Å²) < 4.78 is 4.99. The van der Waals surface area contributed by atoms with Gasteiger partial charge in [0.25, 0.3) is 0 Å². The van der Waals surface area contributed by atoms with Crippen LogP contribution in [-0.2, 0) is 9.53 Å². The number of carbonyl (C=O) groups excluding carboxylic acids is 1. The zero-order valence-electron chi connectivity index (χ0n) is 11.4. The maximum absolute atomic E-state index is 12.3. The minimum Gasteiger partial charge on any atom is -0.395 e. The largest absolute Gasteiger partial charge is 0.395 e. The van der Waals surface area contributed by atoms with Crippen molar-refractivity contribution < 1.29 is 14.6 Å². The molecule has 1 heterocycles. The van der Waals surface area contributed by atoms with Gasteiger partial charge in [0.05, 0.1) is 19.3 Å². The van der Waals surface area contributed by atoms with Crippen LogP contribution in [0.15, 0.2) is 0 Å². The quantitative estimate of drug-likeness (QED) is 0.598. The Kier molecular flexibility index (Phi) is 7.19. The zero-order valence-corrected chi connectivity index (χ0v) is 11.4. The molecule has 6 nitrogen and oxygen atoms in total. The number of rotatable bonds is 7. The van der Waals surface area contributed by atoms with Crippen LogP contribution in [0, 0.1) is 0 Å².